The van der Waals surface area contributed by atoms with Gasteiger partial charge in [-0.3, -0.25) is 9.59 Å². The van der Waals surface area contributed by atoms with Gasteiger partial charge in [0.15, 0.2) is 0 Å². The Balaban J connectivity index is 1.74. The minimum absolute atomic E-state index is 0.0193. The van der Waals surface area contributed by atoms with E-state index in [1.165, 1.54) is 5.56 Å². The Hall–Kier alpha value is -2.66. The van der Waals surface area contributed by atoms with Gasteiger partial charge in [-0.25, -0.2) is 0 Å². The summed E-state index contributed by atoms with van der Waals surface area (Å²) in [6.07, 6.45) is 2.74. The summed E-state index contributed by atoms with van der Waals surface area (Å²) < 4.78 is 0. The van der Waals surface area contributed by atoms with Crippen molar-refractivity contribution in [3.05, 3.63) is 71.8 Å². The minimum Gasteiger partial charge on any atom is -0.481 e. The fourth-order valence-corrected chi connectivity index (χ4v) is 4.22. The van der Waals surface area contributed by atoms with Crippen molar-refractivity contribution < 1.29 is 19.8 Å². The molecule has 0 bridgehead atoms. The Labute approximate surface area is 172 Å². The molecule has 1 saturated heterocycles. The van der Waals surface area contributed by atoms with Crippen LogP contribution in [-0.4, -0.2) is 46.7 Å². The summed E-state index contributed by atoms with van der Waals surface area (Å²) in [6, 6.07) is 20.1. The van der Waals surface area contributed by atoms with Crippen LogP contribution < -0.4 is 0 Å². The van der Waals surface area contributed by atoms with E-state index in [0.29, 0.717) is 25.8 Å². The number of rotatable bonds is 9. The van der Waals surface area contributed by atoms with Crippen LogP contribution in [0.1, 0.15) is 30.4 Å². The first kappa shape index (κ1) is 21.1. The van der Waals surface area contributed by atoms with Crippen LogP contribution in [0.15, 0.2) is 60.7 Å². The van der Waals surface area contributed by atoms with Crippen molar-refractivity contribution in [1.29, 1.82) is 0 Å². The van der Waals surface area contributed by atoms with Crippen LogP contribution in [0.3, 0.4) is 0 Å². The fourth-order valence-electron chi connectivity index (χ4n) is 4.22. The van der Waals surface area contributed by atoms with Crippen molar-refractivity contribution >= 4 is 11.9 Å². The molecule has 1 amide bonds. The molecule has 0 aliphatic carbocycles. The van der Waals surface area contributed by atoms with E-state index in [-0.39, 0.29) is 31.4 Å². The van der Waals surface area contributed by atoms with Gasteiger partial charge in [0.1, 0.15) is 0 Å². The van der Waals surface area contributed by atoms with Crippen molar-refractivity contribution in [2.75, 3.05) is 19.7 Å². The third-order valence-corrected chi connectivity index (χ3v) is 6.01. The van der Waals surface area contributed by atoms with E-state index >= 15 is 0 Å². The maximum Gasteiger partial charge on any atom is 0.311 e. The van der Waals surface area contributed by atoms with E-state index in [2.05, 4.69) is 12.1 Å². The number of aryl methyl sites for hydroxylation is 1. The Kier molecular flexibility index (Phi) is 7.04. The minimum atomic E-state index is -1.03. The summed E-state index contributed by atoms with van der Waals surface area (Å²) in [6.45, 7) is 0.426. The summed E-state index contributed by atoms with van der Waals surface area (Å²) in [5, 5.41) is 19.0. The fraction of sp³-hybridized carbons (Fsp3) is 0.417. The van der Waals surface area contributed by atoms with Crippen molar-refractivity contribution in [1.82, 2.24) is 4.90 Å². The third-order valence-electron chi connectivity index (χ3n) is 6.01. The molecule has 2 N–H and O–H groups in total. The third kappa shape index (κ3) is 5.24. The number of benzene rings is 2. The molecule has 29 heavy (non-hydrogen) atoms. The number of amides is 1. The van der Waals surface area contributed by atoms with Gasteiger partial charge in [-0.2, -0.15) is 0 Å². The van der Waals surface area contributed by atoms with Gasteiger partial charge >= 0.3 is 5.97 Å². The molecule has 1 heterocycles. The van der Waals surface area contributed by atoms with E-state index in [1.807, 2.05) is 48.5 Å². The molecule has 5 heteroatoms. The zero-order valence-corrected chi connectivity index (χ0v) is 16.7. The van der Waals surface area contributed by atoms with Crippen LogP contribution in [0.2, 0.25) is 0 Å². The standard InChI is InChI=1S/C24H29NO4/c26-16-14-24(23(28)29)13-15-25(18-24)22(27)21(17-20-9-5-2-6-10-20)12-11-19-7-3-1-4-8-19/h1-10,21,26H,11-18H2,(H,28,29). The highest BCUT2D eigenvalue weighted by Crippen LogP contribution is 2.35. The van der Waals surface area contributed by atoms with Gasteiger partial charge in [0.2, 0.25) is 5.91 Å². The van der Waals surface area contributed by atoms with E-state index in [1.54, 1.807) is 4.90 Å². The molecular weight excluding hydrogens is 366 g/mol. The predicted octanol–water partition coefficient (Wildman–Crippen LogP) is 3.16. The number of hydrogen-bond acceptors (Lipinski definition) is 3. The molecule has 1 aliphatic rings. The summed E-state index contributed by atoms with van der Waals surface area (Å²) in [7, 11) is 0. The lowest BCUT2D eigenvalue weighted by Crippen LogP contribution is -2.40. The highest BCUT2D eigenvalue weighted by atomic mass is 16.4. The second kappa shape index (κ2) is 9.70. The Bertz CT molecular complexity index is 808. The first-order chi connectivity index (χ1) is 14.0. The first-order valence-corrected chi connectivity index (χ1v) is 10.2. The Morgan fingerprint density at radius 3 is 2.21 bits per heavy atom. The lowest BCUT2D eigenvalue weighted by atomic mass is 9.84. The van der Waals surface area contributed by atoms with Crippen LogP contribution in [0, 0.1) is 11.3 Å². The van der Waals surface area contributed by atoms with Gasteiger partial charge in [0.05, 0.1) is 5.41 Å². The number of carboxylic acids is 1. The highest BCUT2D eigenvalue weighted by Gasteiger charge is 2.46. The molecule has 2 aromatic carbocycles. The second-order valence-corrected chi connectivity index (χ2v) is 7.98. The SMILES string of the molecule is O=C(C(CCc1ccccc1)Cc1ccccc1)N1CCC(CCO)(C(=O)O)C1. The molecule has 0 radical (unpaired) electrons. The summed E-state index contributed by atoms with van der Waals surface area (Å²) >= 11 is 0. The zero-order chi connectivity index (χ0) is 20.7. The number of aliphatic hydroxyl groups is 1. The number of aliphatic carboxylic acids is 1. The van der Waals surface area contributed by atoms with E-state index in [0.717, 1.165) is 12.0 Å². The van der Waals surface area contributed by atoms with Crippen molar-refractivity contribution in [2.24, 2.45) is 11.3 Å². The number of hydrogen-bond donors (Lipinski definition) is 2. The lowest BCUT2D eigenvalue weighted by Gasteiger charge is -2.27. The molecule has 2 atom stereocenters. The molecule has 1 aliphatic heterocycles. The number of carbonyl (C=O) groups is 2. The van der Waals surface area contributed by atoms with Gasteiger partial charge < -0.3 is 15.1 Å². The van der Waals surface area contributed by atoms with E-state index in [9.17, 15) is 19.8 Å². The van der Waals surface area contributed by atoms with Gasteiger partial charge in [-0.1, -0.05) is 60.7 Å². The Morgan fingerprint density at radius 2 is 1.62 bits per heavy atom. The number of likely N-dealkylation sites (tertiary alicyclic amines) is 1. The van der Waals surface area contributed by atoms with Crippen LogP contribution in [0.5, 0.6) is 0 Å². The van der Waals surface area contributed by atoms with Gasteiger partial charge in [0.25, 0.3) is 0 Å². The molecule has 0 saturated carbocycles. The summed E-state index contributed by atoms with van der Waals surface area (Å²) in [5.74, 6) is -1.10. The number of aliphatic hydroxyl groups excluding tert-OH is 1. The first-order valence-electron chi connectivity index (χ1n) is 10.2. The van der Waals surface area contributed by atoms with Crippen LogP contribution in [0.25, 0.3) is 0 Å². The average molecular weight is 395 g/mol. The summed E-state index contributed by atoms with van der Waals surface area (Å²) in [4.78, 5) is 26.9. The normalized spacial score (nSPS) is 19.8. The van der Waals surface area contributed by atoms with Gasteiger partial charge in [-0.05, 0) is 43.2 Å². The highest BCUT2D eigenvalue weighted by molar-refractivity contribution is 5.82. The smallest absolute Gasteiger partial charge is 0.311 e. The molecule has 1 fully saturated rings. The molecule has 154 valence electrons. The second-order valence-electron chi connectivity index (χ2n) is 7.98. The van der Waals surface area contributed by atoms with Crippen LogP contribution >= 0.6 is 0 Å². The monoisotopic (exact) mass is 395 g/mol. The van der Waals surface area contributed by atoms with E-state index < -0.39 is 11.4 Å². The maximum absolute atomic E-state index is 13.4. The van der Waals surface area contributed by atoms with Gasteiger partial charge in [-0.15, -0.1) is 0 Å². The average Bonchev–Trinajstić information content (AvgIpc) is 3.18. The van der Waals surface area contributed by atoms with Crippen molar-refractivity contribution in [3.8, 4) is 0 Å². The van der Waals surface area contributed by atoms with Gasteiger partial charge in [0, 0.05) is 25.6 Å². The summed E-state index contributed by atoms with van der Waals surface area (Å²) in [5.41, 5.74) is 1.28. The number of nitrogens with zero attached hydrogens (tertiary/aromatic N) is 1. The molecular formula is C24H29NO4. The molecule has 2 aromatic rings. The quantitative estimate of drug-likeness (QED) is 0.684. The Morgan fingerprint density at radius 1 is 1.00 bits per heavy atom. The molecule has 0 aromatic heterocycles. The molecule has 3 rings (SSSR count). The molecule has 5 nitrogen and oxygen atoms in total. The number of carbonyl (C=O) groups excluding carboxylic acids is 1. The van der Waals surface area contributed by atoms with E-state index in [4.69, 9.17) is 0 Å². The number of carboxylic acid groups (broad SMARTS) is 1. The lowest BCUT2D eigenvalue weighted by molar-refractivity contribution is -0.149. The molecule has 0 spiro atoms. The van der Waals surface area contributed by atoms with Crippen LogP contribution in [-0.2, 0) is 22.4 Å². The van der Waals surface area contributed by atoms with Crippen molar-refractivity contribution in [2.45, 2.75) is 32.1 Å². The topological polar surface area (TPSA) is 77.8 Å². The zero-order valence-electron chi connectivity index (χ0n) is 16.7. The van der Waals surface area contributed by atoms with Crippen molar-refractivity contribution in [3.63, 3.8) is 0 Å². The largest absolute Gasteiger partial charge is 0.481 e. The predicted molar refractivity (Wildman–Crippen MR) is 111 cm³/mol. The maximum atomic E-state index is 13.4. The molecule has 2 unspecified atom stereocenters. The van der Waals surface area contributed by atoms with Crippen LogP contribution in [0.4, 0.5) is 0 Å².